The summed E-state index contributed by atoms with van der Waals surface area (Å²) in [6.45, 7) is 4.46. The maximum Gasteiger partial charge on any atom is 0.266 e. The Hall–Kier alpha value is -2.91. The van der Waals surface area contributed by atoms with Crippen LogP contribution in [0.1, 0.15) is 21.1 Å². The van der Waals surface area contributed by atoms with Gasteiger partial charge in [-0.25, -0.2) is 14.6 Å². The number of nitrogens with zero attached hydrogens (tertiary/aromatic N) is 4. The topological polar surface area (TPSA) is 89.8 Å². The van der Waals surface area contributed by atoms with E-state index in [0.717, 1.165) is 25.8 Å². The van der Waals surface area contributed by atoms with Crippen molar-refractivity contribution in [2.24, 2.45) is 0 Å². The monoisotopic (exact) mass is 411 g/mol. The first kappa shape index (κ1) is 18.5. The van der Waals surface area contributed by atoms with Crippen molar-refractivity contribution in [1.29, 1.82) is 0 Å². The number of aryl methyl sites for hydroxylation is 2. The number of hydrogen-bond donors (Lipinski definition) is 1. The number of carbonyl (C=O) groups excluding carboxylic acids is 1. The van der Waals surface area contributed by atoms with Crippen molar-refractivity contribution >= 4 is 38.8 Å². The minimum absolute atomic E-state index is 0.187. The van der Waals surface area contributed by atoms with Crippen LogP contribution in [0.5, 0.6) is 0 Å². The lowest BCUT2D eigenvalue weighted by molar-refractivity contribution is 0.0952. The van der Waals surface area contributed by atoms with Crippen LogP contribution in [0.25, 0.3) is 20.8 Å². The van der Waals surface area contributed by atoms with Gasteiger partial charge in [-0.2, -0.15) is 5.10 Å². The van der Waals surface area contributed by atoms with Gasteiger partial charge in [0.1, 0.15) is 5.69 Å². The Morgan fingerprint density at radius 3 is 2.86 bits per heavy atom. The summed E-state index contributed by atoms with van der Waals surface area (Å²) in [6, 6.07) is 8.60. The van der Waals surface area contributed by atoms with Crippen molar-refractivity contribution in [3.05, 3.63) is 62.5 Å². The number of carbonyl (C=O) groups is 1. The molecule has 0 aliphatic heterocycles. The highest BCUT2D eigenvalue weighted by Crippen LogP contribution is 2.27. The largest absolute Gasteiger partial charge is 0.350 e. The SMILES string of the molecule is Cc1nc(C)c(-c2ccc(=O)n(CCNC(=O)c3ccc4ncsc4c3)n2)s1. The third kappa shape index (κ3) is 3.71. The van der Waals surface area contributed by atoms with Gasteiger partial charge < -0.3 is 5.32 Å². The molecule has 0 saturated carbocycles. The minimum atomic E-state index is -0.206. The number of rotatable bonds is 5. The zero-order valence-corrected chi connectivity index (χ0v) is 16.9. The highest BCUT2D eigenvalue weighted by Gasteiger charge is 2.11. The van der Waals surface area contributed by atoms with Gasteiger partial charge in [-0.1, -0.05) is 0 Å². The molecule has 0 unspecified atom stereocenters. The lowest BCUT2D eigenvalue weighted by Crippen LogP contribution is -2.31. The van der Waals surface area contributed by atoms with E-state index in [2.05, 4.69) is 20.4 Å². The van der Waals surface area contributed by atoms with Crippen molar-refractivity contribution < 1.29 is 4.79 Å². The summed E-state index contributed by atoms with van der Waals surface area (Å²) >= 11 is 3.04. The molecule has 1 N–H and O–H groups in total. The van der Waals surface area contributed by atoms with Crippen LogP contribution in [-0.4, -0.2) is 32.2 Å². The van der Waals surface area contributed by atoms with Crippen molar-refractivity contribution in [1.82, 2.24) is 25.1 Å². The number of benzene rings is 1. The van der Waals surface area contributed by atoms with E-state index in [-0.39, 0.29) is 18.0 Å². The highest BCUT2D eigenvalue weighted by atomic mass is 32.1. The third-order valence-corrected chi connectivity index (χ3v) is 6.09. The van der Waals surface area contributed by atoms with E-state index < -0.39 is 0 Å². The summed E-state index contributed by atoms with van der Waals surface area (Å²) < 4.78 is 2.34. The summed E-state index contributed by atoms with van der Waals surface area (Å²) in [5.41, 5.74) is 4.60. The second-order valence-electron chi connectivity index (χ2n) is 6.22. The van der Waals surface area contributed by atoms with Gasteiger partial charge in [0, 0.05) is 18.2 Å². The number of aromatic nitrogens is 4. The number of thiazole rings is 2. The smallest absolute Gasteiger partial charge is 0.266 e. The zero-order chi connectivity index (χ0) is 19.7. The molecule has 0 atom stereocenters. The van der Waals surface area contributed by atoms with Crippen molar-refractivity contribution in [3.8, 4) is 10.6 Å². The zero-order valence-electron chi connectivity index (χ0n) is 15.3. The van der Waals surface area contributed by atoms with Gasteiger partial charge in [-0.15, -0.1) is 22.7 Å². The third-order valence-electron chi connectivity index (χ3n) is 4.21. The molecule has 9 heteroatoms. The molecule has 0 spiro atoms. The van der Waals surface area contributed by atoms with Crippen LogP contribution in [0.15, 0.2) is 40.6 Å². The molecule has 4 rings (SSSR count). The standard InChI is InChI=1S/C19H17N5O2S2/c1-11-18(28-12(2)22-11)15-5-6-17(25)24(23-15)8-7-20-19(26)13-3-4-14-16(9-13)27-10-21-14/h3-6,9-10H,7-8H2,1-2H3,(H,20,26). The van der Waals surface area contributed by atoms with Gasteiger partial charge in [0.05, 0.1) is 37.9 Å². The van der Waals surface area contributed by atoms with Gasteiger partial charge in [0.2, 0.25) is 0 Å². The second kappa shape index (κ2) is 7.61. The lowest BCUT2D eigenvalue weighted by Gasteiger charge is -2.08. The van der Waals surface area contributed by atoms with E-state index in [1.165, 1.54) is 22.1 Å². The first-order chi connectivity index (χ1) is 13.5. The number of hydrogen-bond acceptors (Lipinski definition) is 7. The summed E-state index contributed by atoms with van der Waals surface area (Å²) in [5.74, 6) is -0.187. The van der Waals surface area contributed by atoms with Crippen molar-refractivity contribution in [3.63, 3.8) is 0 Å². The van der Waals surface area contributed by atoms with E-state index in [0.29, 0.717) is 17.8 Å². The fourth-order valence-electron chi connectivity index (χ4n) is 2.87. The molecule has 0 bridgehead atoms. The van der Waals surface area contributed by atoms with Crippen LogP contribution >= 0.6 is 22.7 Å². The summed E-state index contributed by atoms with van der Waals surface area (Å²) in [7, 11) is 0. The van der Waals surface area contributed by atoms with Gasteiger partial charge in [-0.3, -0.25) is 9.59 Å². The molecule has 0 radical (unpaired) electrons. The predicted molar refractivity (Wildman–Crippen MR) is 111 cm³/mol. The van der Waals surface area contributed by atoms with Crippen LogP contribution in [0.2, 0.25) is 0 Å². The van der Waals surface area contributed by atoms with Crippen LogP contribution in [0.3, 0.4) is 0 Å². The van der Waals surface area contributed by atoms with Crippen molar-refractivity contribution in [2.45, 2.75) is 20.4 Å². The molecule has 7 nitrogen and oxygen atoms in total. The molecule has 4 aromatic rings. The first-order valence-electron chi connectivity index (χ1n) is 8.65. The maximum atomic E-state index is 12.4. The molecule has 0 aliphatic carbocycles. The average Bonchev–Trinajstić information content (AvgIpc) is 3.28. The van der Waals surface area contributed by atoms with Crippen LogP contribution in [-0.2, 0) is 6.54 Å². The molecule has 0 fully saturated rings. The van der Waals surface area contributed by atoms with Gasteiger partial charge in [-0.05, 0) is 38.1 Å². The van der Waals surface area contributed by atoms with E-state index >= 15 is 0 Å². The summed E-state index contributed by atoms with van der Waals surface area (Å²) in [6.07, 6.45) is 0. The lowest BCUT2D eigenvalue weighted by atomic mass is 10.2. The molecule has 3 heterocycles. The summed E-state index contributed by atoms with van der Waals surface area (Å²) in [4.78, 5) is 34.1. The van der Waals surface area contributed by atoms with Gasteiger partial charge in [0.15, 0.2) is 0 Å². The van der Waals surface area contributed by atoms with Crippen LogP contribution < -0.4 is 10.9 Å². The van der Waals surface area contributed by atoms with E-state index in [4.69, 9.17) is 0 Å². The molecular formula is C19H17N5O2S2. The molecule has 0 aliphatic rings. The second-order valence-corrected chi connectivity index (χ2v) is 8.31. The normalized spacial score (nSPS) is 11.1. The molecular weight excluding hydrogens is 394 g/mol. The fourth-order valence-corrected chi connectivity index (χ4v) is 4.47. The number of nitrogens with one attached hydrogen (secondary N) is 1. The maximum absolute atomic E-state index is 12.4. The number of amides is 1. The molecule has 1 aromatic carbocycles. The Kier molecular flexibility index (Phi) is 5.01. The Labute approximate surface area is 168 Å². The highest BCUT2D eigenvalue weighted by molar-refractivity contribution is 7.16. The predicted octanol–water partition coefficient (Wildman–Crippen LogP) is 3.02. The minimum Gasteiger partial charge on any atom is -0.350 e. The van der Waals surface area contributed by atoms with Crippen LogP contribution in [0.4, 0.5) is 0 Å². The Morgan fingerprint density at radius 1 is 1.21 bits per heavy atom. The molecule has 142 valence electrons. The molecule has 3 aromatic heterocycles. The quantitative estimate of drug-likeness (QED) is 0.545. The molecule has 28 heavy (non-hydrogen) atoms. The van der Waals surface area contributed by atoms with E-state index in [1.807, 2.05) is 26.0 Å². The van der Waals surface area contributed by atoms with E-state index in [9.17, 15) is 9.59 Å². The Morgan fingerprint density at radius 2 is 2.07 bits per heavy atom. The Balaban J connectivity index is 1.45. The van der Waals surface area contributed by atoms with E-state index in [1.54, 1.807) is 29.0 Å². The van der Waals surface area contributed by atoms with Crippen LogP contribution in [0, 0.1) is 13.8 Å². The van der Waals surface area contributed by atoms with Gasteiger partial charge >= 0.3 is 0 Å². The molecule has 1 amide bonds. The molecule has 0 saturated heterocycles. The van der Waals surface area contributed by atoms with Gasteiger partial charge in [0.25, 0.3) is 11.5 Å². The van der Waals surface area contributed by atoms with Crippen molar-refractivity contribution in [2.75, 3.05) is 6.54 Å². The average molecular weight is 412 g/mol. The first-order valence-corrected chi connectivity index (χ1v) is 10.3. The fraction of sp³-hybridized carbons (Fsp3) is 0.211. The Bertz CT molecular complexity index is 1220. The summed E-state index contributed by atoms with van der Waals surface area (Å²) in [5, 5.41) is 8.23. The number of fused-ring (bicyclic) bond motifs is 1.